The van der Waals surface area contributed by atoms with Crippen molar-refractivity contribution in [1.82, 2.24) is 14.9 Å². The van der Waals surface area contributed by atoms with E-state index in [4.69, 9.17) is 5.11 Å². The van der Waals surface area contributed by atoms with Crippen LogP contribution in [0.1, 0.15) is 12.2 Å². The molecule has 0 fully saturated rings. The van der Waals surface area contributed by atoms with Crippen LogP contribution in [0.2, 0.25) is 0 Å². The van der Waals surface area contributed by atoms with E-state index in [9.17, 15) is 4.79 Å². The molecule has 0 amide bonds. The molecule has 6 nitrogen and oxygen atoms in total. The number of carboxylic acid groups (broad SMARTS) is 1. The topological polar surface area (TPSA) is 80.0 Å². The first kappa shape index (κ1) is 9.07. The van der Waals surface area contributed by atoms with Gasteiger partial charge >= 0.3 is 5.97 Å². The molecule has 0 spiro atoms. The molecule has 1 aromatic rings. The molecular formula is C7H8N4O2S. The maximum atomic E-state index is 10.5. The smallest absolute Gasteiger partial charge is 0.309 e. The summed E-state index contributed by atoms with van der Waals surface area (Å²) >= 11 is 1.36. The molecule has 0 unspecified atom stereocenters. The van der Waals surface area contributed by atoms with Crippen LogP contribution >= 0.6 is 11.8 Å². The summed E-state index contributed by atoms with van der Waals surface area (Å²) in [5, 5.41) is 18.8. The van der Waals surface area contributed by atoms with Gasteiger partial charge in [-0.1, -0.05) is 11.8 Å². The fourth-order valence-corrected chi connectivity index (χ4v) is 1.84. The van der Waals surface area contributed by atoms with Crippen LogP contribution in [0.3, 0.4) is 0 Å². The highest BCUT2D eigenvalue weighted by Crippen LogP contribution is 2.24. The Bertz CT molecular complexity index is 412. The Morgan fingerprint density at radius 2 is 2.50 bits per heavy atom. The number of nitrogens with zero attached hydrogens (tertiary/aromatic N) is 3. The summed E-state index contributed by atoms with van der Waals surface area (Å²) in [4.78, 5) is 10.5. The number of hydrogen-bond donors (Lipinski definition) is 2. The third-order valence-corrected chi connectivity index (χ3v) is 2.58. The largest absolute Gasteiger partial charge is 0.481 e. The van der Waals surface area contributed by atoms with Crippen LogP contribution in [0.15, 0.2) is 16.3 Å². The van der Waals surface area contributed by atoms with Gasteiger partial charge in [0.15, 0.2) is 0 Å². The molecule has 7 heteroatoms. The van der Waals surface area contributed by atoms with Crippen molar-refractivity contribution in [3.8, 4) is 0 Å². The van der Waals surface area contributed by atoms with E-state index in [0.717, 1.165) is 5.16 Å². The Hall–Kier alpha value is -1.50. The zero-order valence-corrected chi connectivity index (χ0v) is 8.21. The second kappa shape index (κ2) is 3.33. The average Bonchev–Trinajstić information content (AvgIpc) is 2.47. The van der Waals surface area contributed by atoms with Gasteiger partial charge in [-0.3, -0.25) is 10.2 Å². The van der Waals surface area contributed by atoms with Gasteiger partial charge in [-0.05, 0) is 6.92 Å². The van der Waals surface area contributed by atoms with Gasteiger partial charge in [0, 0.05) is 11.1 Å². The van der Waals surface area contributed by atoms with Gasteiger partial charge < -0.3 is 5.11 Å². The molecule has 0 bridgehead atoms. The molecule has 2 N–H and O–H groups in total. The molecule has 1 aliphatic rings. The highest BCUT2D eigenvalue weighted by atomic mass is 32.2. The van der Waals surface area contributed by atoms with Crippen molar-refractivity contribution in [2.75, 3.05) is 5.43 Å². The van der Waals surface area contributed by atoms with E-state index < -0.39 is 5.97 Å². The summed E-state index contributed by atoms with van der Waals surface area (Å²) in [5.74, 6) is -0.151. The van der Waals surface area contributed by atoms with Gasteiger partial charge in [0.05, 0.1) is 6.42 Å². The number of carboxylic acids is 1. The van der Waals surface area contributed by atoms with E-state index in [1.807, 2.05) is 0 Å². The van der Waals surface area contributed by atoms with Crippen molar-refractivity contribution in [3.05, 3.63) is 16.9 Å². The van der Waals surface area contributed by atoms with Crippen molar-refractivity contribution >= 4 is 17.7 Å². The van der Waals surface area contributed by atoms with Gasteiger partial charge in [0.1, 0.15) is 5.82 Å². The Balaban J connectivity index is 2.19. The molecule has 0 atom stereocenters. The Morgan fingerprint density at radius 3 is 3.21 bits per heavy atom. The standard InChI is InChI=1S/C7H8N4O2S/c1-4-8-9-7-11(4)10-5(3-14-7)2-6(12)13/h3,10H,2H2,1H3,(H,12,13). The summed E-state index contributed by atoms with van der Waals surface area (Å²) in [6, 6.07) is 0. The molecule has 0 saturated heterocycles. The zero-order valence-electron chi connectivity index (χ0n) is 7.39. The summed E-state index contributed by atoms with van der Waals surface area (Å²) in [5.41, 5.74) is 3.56. The van der Waals surface area contributed by atoms with Gasteiger partial charge in [-0.2, -0.15) is 0 Å². The highest BCUT2D eigenvalue weighted by molar-refractivity contribution is 8.02. The van der Waals surface area contributed by atoms with Crippen molar-refractivity contribution in [1.29, 1.82) is 0 Å². The number of aryl methyl sites for hydroxylation is 1. The minimum absolute atomic E-state index is 0.0238. The Morgan fingerprint density at radius 1 is 1.71 bits per heavy atom. The summed E-state index contributed by atoms with van der Waals surface area (Å²) < 4.78 is 1.67. The van der Waals surface area contributed by atoms with Crippen LogP contribution in [0.5, 0.6) is 0 Å². The van der Waals surface area contributed by atoms with Gasteiger partial charge in [-0.15, -0.1) is 10.2 Å². The van der Waals surface area contributed by atoms with Gasteiger partial charge in [-0.25, -0.2) is 4.68 Å². The minimum Gasteiger partial charge on any atom is -0.481 e. The van der Waals surface area contributed by atoms with Crippen molar-refractivity contribution in [2.45, 2.75) is 18.5 Å². The lowest BCUT2D eigenvalue weighted by Crippen LogP contribution is -2.20. The van der Waals surface area contributed by atoms with E-state index in [1.54, 1.807) is 17.0 Å². The number of aliphatic carboxylic acids is 1. The van der Waals surface area contributed by atoms with Crippen LogP contribution < -0.4 is 5.43 Å². The molecular weight excluding hydrogens is 204 g/mol. The molecule has 0 radical (unpaired) electrons. The fraction of sp³-hybridized carbons (Fsp3) is 0.286. The SMILES string of the molecule is Cc1nnc2n1NC(CC(=O)O)=CS2. The van der Waals surface area contributed by atoms with Crippen molar-refractivity contribution in [3.63, 3.8) is 0 Å². The van der Waals surface area contributed by atoms with Crippen LogP contribution in [0, 0.1) is 6.92 Å². The quantitative estimate of drug-likeness (QED) is 0.745. The van der Waals surface area contributed by atoms with Crippen LogP contribution in [0.25, 0.3) is 0 Å². The lowest BCUT2D eigenvalue weighted by Gasteiger charge is -2.16. The number of carbonyl (C=O) groups is 1. The molecule has 0 aliphatic carbocycles. The van der Waals surface area contributed by atoms with Crippen molar-refractivity contribution in [2.24, 2.45) is 0 Å². The fourth-order valence-electron chi connectivity index (χ4n) is 1.09. The molecule has 2 rings (SSSR count). The number of rotatable bonds is 2. The lowest BCUT2D eigenvalue weighted by molar-refractivity contribution is -0.136. The first-order valence-corrected chi connectivity index (χ1v) is 4.81. The predicted molar refractivity (Wildman–Crippen MR) is 50.3 cm³/mol. The second-order valence-electron chi connectivity index (χ2n) is 2.81. The maximum Gasteiger partial charge on any atom is 0.309 e. The molecule has 2 heterocycles. The Kier molecular flexibility index (Phi) is 2.16. The van der Waals surface area contributed by atoms with E-state index in [0.29, 0.717) is 11.5 Å². The zero-order chi connectivity index (χ0) is 10.1. The number of hydrogen-bond acceptors (Lipinski definition) is 5. The van der Waals surface area contributed by atoms with E-state index in [-0.39, 0.29) is 6.42 Å². The van der Waals surface area contributed by atoms with Crippen LogP contribution in [0.4, 0.5) is 0 Å². The second-order valence-corrected chi connectivity index (χ2v) is 3.65. The predicted octanol–water partition coefficient (Wildman–Crippen LogP) is 0.552. The number of nitrogens with one attached hydrogen (secondary N) is 1. The first-order chi connectivity index (χ1) is 6.66. The normalized spacial score (nSPS) is 14.2. The van der Waals surface area contributed by atoms with Crippen LogP contribution in [-0.2, 0) is 4.79 Å². The molecule has 0 saturated carbocycles. The third kappa shape index (κ3) is 1.58. The third-order valence-electron chi connectivity index (χ3n) is 1.70. The van der Waals surface area contributed by atoms with Crippen molar-refractivity contribution < 1.29 is 9.90 Å². The summed E-state index contributed by atoms with van der Waals surface area (Å²) in [6.07, 6.45) is -0.0238. The van der Waals surface area contributed by atoms with Crippen LogP contribution in [-0.4, -0.2) is 25.9 Å². The van der Waals surface area contributed by atoms with Gasteiger partial charge in [0.25, 0.3) is 0 Å². The Labute approximate surface area is 84.0 Å². The summed E-state index contributed by atoms with van der Waals surface area (Å²) in [6.45, 7) is 1.80. The minimum atomic E-state index is -0.862. The maximum absolute atomic E-state index is 10.5. The molecule has 74 valence electrons. The van der Waals surface area contributed by atoms with Gasteiger partial charge in [0.2, 0.25) is 5.16 Å². The summed E-state index contributed by atoms with van der Waals surface area (Å²) in [7, 11) is 0. The number of thioether (sulfide) groups is 1. The van der Waals surface area contributed by atoms with E-state index >= 15 is 0 Å². The number of fused-ring (bicyclic) bond motifs is 1. The lowest BCUT2D eigenvalue weighted by atomic mass is 10.3. The van der Waals surface area contributed by atoms with E-state index in [1.165, 1.54) is 11.8 Å². The number of aromatic nitrogens is 3. The highest BCUT2D eigenvalue weighted by Gasteiger charge is 2.16. The average molecular weight is 212 g/mol. The monoisotopic (exact) mass is 212 g/mol. The molecule has 0 aromatic carbocycles. The van der Waals surface area contributed by atoms with E-state index in [2.05, 4.69) is 15.6 Å². The molecule has 14 heavy (non-hydrogen) atoms. The molecule has 1 aliphatic heterocycles. The molecule has 1 aromatic heterocycles. The first-order valence-electron chi connectivity index (χ1n) is 3.93.